The summed E-state index contributed by atoms with van der Waals surface area (Å²) in [6.45, 7) is 0.354. The third-order valence-corrected chi connectivity index (χ3v) is 7.14. The van der Waals surface area contributed by atoms with Gasteiger partial charge in [0.1, 0.15) is 17.5 Å². The molecule has 2 heterocycles. The first-order valence-corrected chi connectivity index (χ1v) is 11.0. The molecule has 8 heteroatoms. The summed E-state index contributed by atoms with van der Waals surface area (Å²) in [7, 11) is 0. The first-order valence-electron chi connectivity index (χ1n) is 9.98. The Hall–Kier alpha value is -3.26. The molecule has 32 heavy (non-hydrogen) atoms. The van der Waals surface area contributed by atoms with Crippen molar-refractivity contribution in [2.75, 3.05) is 17.2 Å². The normalized spacial score (nSPS) is 19.7. The van der Waals surface area contributed by atoms with Crippen LogP contribution in [0.15, 0.2) is 66.7 Å². The van der Waals surface area contributed by atoms with Crippen molar-refractivity contribution in [2.24, 2.45) is 0 Å². The third kappa shape index (κ3) is 3.17. The number of hydrogen-bond acceptors (Lipinski definition) is 3. The van der Waals surface area contributed by atoms with Gasteiger partial charge in [-0.3, -0.25) is 9.59 Å². The van der Waals surface area contributed by atoms with Gasteiger partial charge in [-0.1, -0.05) is 12.1 Å². The van der Waals surface area contributed by atoms with Crippen LogP contribution >= 0.6 is 11.8 Å². The quantitative estimate of drug-likeness (QED) is 0.577. The fourth-order valence-corrected chi connectivity index (χ4v) is 5.76. The van der Waals surface area contributed by atoms with Gasteiger partial charge in [0.15, 0.2) is 4.87 Å². The molecule has 1 spiro atoms. The molecule has 2 amide bonds. The van der Waals surface area contributed by atoms with Crippen molar-refractivity contribution >= 4 is 29.3 Å². The number of anilines is 1. The molecule has 1 fully saturated rings. The molecule has 5 rings (SSSR count). The molecule has 0 bridgehead atoms. The van der Waals surface area contributed by atoms with Gasteiger partial charge in [-0.2, -0.15) is 0 Å². The molecular formula is C24H17F3N2O2S. The van der Waals surface area contributed by atoms with Gasteiger partial charge in [0.25, 0.3) is 11.8 Å². The summed E-state index contributed by atoms with van der Waals surface area (Å²) in [4.78, 5) is 28.6. The molecule has 1 atom stereocenters. The van der Waals surface area contributed by atoms with Crippen LogP contribution in [-0.4, -0.2) is 29.0 Å². The number of carbonyl (C=O) groups excluding carboxylic acids is 2. The number of hydrogen-bond donors (Lipinski definition) is 0. The molecule has 3 aromatic carbocycles. The Kier molecular flexibility index (Phi) is 4.97. The predicted octanol–water partition coefficient (Wildman–Crippen LogP) is 4.69. The van der Waals surface area contributed by atoms with Crippen molar-refractivity contribution in [2.45, 2.75) is 11.4 Å². The van der Waals surface area contributed by atoms with Gasteiger partial charge in [-0.25, -0.2) is 13.2 Å². The zero-order valence-corrected chi connectivity index (χ0v) is 17.5. The fourth-order valence-electron chi connectivity index (χ4n) is 4.31. The van der Waals surface area contributed by atoms with Crippen LogP contribution in [0.1, 0.15) is 21.5 Å². The number of fused-ring (bicyclic) bond motifs is 2. The lowest BCUT2D eigenvalue weighted by atomic mass is 10.0. The number of halogens is 3. The topological polar surface area (TPSA) is 40.6 Å². The van der Waals surface area contributed by atoms with Crippen molar-refractivity contribution in [3.05, 3.63) is 101 Å². The zero-order chi connectivity index (χ0) is 22.5. The van der Waals surface area contributed by atoms with E-state index in [2.05, 4.69) is 0 Å². The van der Waals surface area contributed by atoms with Crippen LogP contribution in [0, 0.1) is 17.5 Å². The number of nitrogens with zero attached hydrogens (tertiary/aromatic N) is 2. The van der Waals surface area contributed by atoms with Gasteiger partial charge in [-0.15, -0.1) is 11.8 Å². The van der Waals surface area contributed by atoms with Gasteiger partial charge >= 0.3 is 0 Å². The molecule has 2 aliphatic rings. The molecule has 0 saturated carbocycles. The maximum absolute atomic E-state index is 14.3. The van der Waals surface area contributed by atoms with E-state index in [1.54, 1.807) is 12.1 Å². The summed E-state index contributed by atoms with van der Waals surface area (Å²) in [6.07, 6.45) is 0. The van der Waals surface area contributed by atoms with Crippen molar-refractivity contribution in [1.82, 2.24) is 4.90 Å². The molecule has 162 valence electrons. The molecule has 3 aromatic rings. The largest absolute Gasteiger partial charge is 0.311 e. The second kappa shape index (κ2) is 7.70. The highest BCUT2D eigenvalue weighted by atomic mass is 32.2. The van der Waals surface area contributed by atoms with E-state index in [-0.39, 0.29) is 24.6 Å². The van der Waals surface area contributed by atoms with Gasteiger partial charge in [-0.05, 0) is 60.2 Å². The molecule has 0 radical (unpaired) electrons. The fraction of sp³-hybridized carbons (Fsp3) is 0.167. The van der Waals surface area contributed by atoms with Crippen molar-refractivity contribution in [3.63, 3.8) is 0 Å². The minimum atomic E-state index is -1.43. The van der Waals surface area contributed by atoms with Crippen molar-refractivity contribution in [3.8, 4) is 0 Å². The molecule has 0 aromatic heterocycles. The van der Waals surface area contributed by atoms with Gasteiger partial charge < -0.3 is 9.80 Å². The number of amides is 2. The van der Waals surface area contributed by atoms with Crippen LogP contribution in [0.3, 0.4) is 0 Å². The van der Waals surface area contributed by atoms with E-state index in [0.717, 1.165) is 0 Å². The van der Waals surface area contributed by atoms with Crippen LogP contribution in [-0.2, 0) is 16.2 Å². The van der Waals surface area contributed by atoms with Crippen LogP contribution in [0.5, 0.6) is 0 Å². The minimum absolute atomic E-state index is 0.0795. The third-order valence-electron chi connectivity index (χ3n) is 5.72. The average Bonchev–Trinajstić information content (AvgIpc) is 3.31. The Morgan fingerprint density at radius 2 is 1.66 bits per heavy atom. The summed E-state index contributed by atoms with van der Waals surface area (Å²) in [5.74, 6) is -1.77. The van der Waals surface area contributed by atoms with Crippen LogP contribution in [0.2, 0.25) is 0 Å². The number of thioether (sulfide) groups is 1. The van der Waals surface area contributed by atoms with Gasteiger partial charge in [0.05, 0.1) is 12.2 Å². The monoisotopic (exact) mass is 454 g/mol. The molecule has 0 N–H and O–H groups in total. The van der Waals surface area contributed by atoms with E-state index in [0.29, 0.717) is 22.6 Å². The zero-order valence-electron chi connectivity index (χ0n) is 16.7. The Bertz CT molecular complexity index is 1230. The lowest BCUT2D eigenvalue weighted by Crippen LogP contribution is -2.50. The number of rotatable bonds is 3. The molecule has 0 aliphatic carbocycles. The SMILES string of the molecule is O=C(c1ccc(F)cc1)N1CCS[C@]12C(=O)N(Cc1cccc(F)c1)c1ccc(F)cc12. The van der Waals surface area contributed by atoms with Gasteiger partial charge in [0.2, 0.25) is 0 Å². The first-order chi connectivity index (χ1) is 15.4. The average molecular weight is 454 g/mol. The summed E-state index contributed by atoms with van der Waals surface area (Å²) >= 11 is 1.26. The molecule has 2 aliphatic heterocycles. The standard InChI is InChI=1S/C24H17F3N2O2S/c25-17-6-4-16(5-7-17)22(30)29-10-11-32-24(29)20-13-19(27)8-9-21(20)28(23(24)31)14-15-2-1-3-18(26)12-15/h1-9,12-13H,10-11,14H2/t24-/m1/s1. The number of benzene rings is 3. The first kappa shape index (κ1) is 20.6. The summed E-state index contributed by atoms with van der Waals surface area (Å²) < 4.78 is 41.4. The highest BCUT2D eigenvalue weighted by molar-refractivity contribution is 8.01. The maximum atomic E-state index is 14.3. The van der Waals surface area contributed by atoms with E-state index < -0.39 is 28.2 Å². The Morgan fingerprint density at radius 3 is 2.41 bits per heavy atom. The second-order valence-corrected chi connectivity index (χ2v) is 8.93. The highest BCUT2D eigenvalue weighted by Gasteiger charge is 2.59. The summed E-state index contributed by atoms with van der Waals surface area (Å²) in [5, 5.41) is 0. The Morgan fingerprint density at radius 1 is 0.938 bits per heavy atom. The number of carbonyl (C=O) groups is 2. The molecule has 4 nitrogen and oxygen atoms in total. The summed E-state index contributed by atoms with van der Waals surface area (Å²) in [6, 6.07) is 15.1. The predicted molar refractivity (Wildman–Crippen MR) is 116 cm³/mol. The lowest BCUT2D eigenvalue weighted by molar-refractivity contribution is -0.123. The lowest BCUT2D eigenvalue weighted by Gasteiger charge is -2.33. The van der Waals surface area contributed by atoms with E-state index in [9.17, 15) is 22.8 Å². The van der Waals surface area contributed by atoms with Crippen LogP contribution in [0.4, 0.5) is 18.9 Å². The smallest absolute Gasteiger partial charge is 0.268 e. The molecular weight excluding hydrogens is 437 g/mol. The van der Waals surface area contributed by atoms with E-state index >= 15 is 0 Å². The Balaban J connectivity index is 1.59. The highest BCUT2D eigenvalue weighted by Crippen LogP contribution is 2.54. The Labute approximate surface area is 186 Å². The molecule has 0 unspecified atom stereocenters. The molecule has 1 saturated heterocycles. The maximum Gasteiger partial charge on any atom is 0.268 e. The van der Waals surface area contributed by atoms with E-state index in [1.807, 2.05) is 0 Å². The van der Waals surface area contributed by atoms with Crippen molar-refractivity contribution in [1.29, 1.82) is 0 Å². The van der Waals surface area contributed by atoms with Crippen LogP contribution < -0.4 is 4.90 Å². The second-order valence-electron chi connectivity index (χ2n) is 7.64. The van der Waals surface area contributed by atoms with Gasteiger partial charge in [0, 0.05) is 23.4 Å². The summed E-state index contributed by atoms with van der Waals surface area (Å²) in [5.41, 5.74) is 1.68. The van der Waals surface area contributed by atoms with E-state index in [1.165, 1.54) is 76.2 Å². The van der Waals surface area contributed by atoms with E-state index in [4.69, 9.17) is 0 Å². The van der Waals surface area contributed by atoms with Crippen molar-refractivity contribution < 1.29 is 22.8 Å². The minimum Gasteiger partial charge on any atom is -0.311 e. The van der Waals surface area contributed by atoms with Crippen LogP contribution in [0.25, 0.3) is 0 Å².